The molecule has 1 saturated heterocycles. The van der Waals surface area contributed by atoms with E-state index in [2.05, 4.69) is 4.98 Å². The van der Waals surface area contributed by atoms with E-state index in [9.17, 15) is 8.42 Å². The third kappa shape index (κ3) is 3.47. The standard InChI is InChI=1S/C17H23N3O3S/c1-19-12-17(18-13-19)24(21,22)20-10-4-3-5-15(11-20)14-6-8-16(23-2)9-7-14/h6-9,12-13,15H,3-5,10-11H2,1-2H3. The second kappa shape index (κ2) is 6.94. The van der Waals surface area contributed by atoms with Crippen molar-refractivity contribution in [3.8, 4) is 5.75 Å². The molecule has 130 valence electrons. The van der Waals surface area contributed by atoms with Crippen LogP contribution in [0, 0.1) is 0 Å². The Labute approximate surface area is 143 Å². The Bertz CT molecular complexity index is 784. The van der Waals surface area contributed by atoms with Crippen LogP contribution in [0.25, 0.3) is 0 Å². The van der Waals surface area contributed by atoms with E-state index in [1.165, 1.54) is 6.33 Å². The number of aromatic nitrogens is 2. The molecule has 0 aliphatic carbocycles. The zero-order chi connectivity index (χ0) is 17.2. The van der Waals surface area contributed by atoms with Gasteiger partial charge in [0.2, 0.25) is 0 Å². The second-order valence-corrected chi connectivity index (χ2v) is 8.09. The first-order valence-electron chi connectivity index (χ1n) is 8.13. The molecule has 1 aliphatic rings. The summed E-state index contributed by atoms with van der Waals surface area (Å²) in [6, 6.07) is 7.91. The molecular weight excluding hydrogens is 326 g/mol. The molecule has 1 aliphatic heterocycles. The number of nitrogens with zero attached hydrogens (tertiary/aromatic N) is 3. The number of imidazole rings is 1. The first kappa shape index (κ1) is 17.0. The number of hydrogen-bond donors (Lipinski definition) is 0. The summed E-state index contributed by atoms with van der Waals surface area (Å²) in [7, 11) is -0.128. The van der Waals surface area contributed by atoms with Gasteiger partial charge >= 0.3 is 0 Å². The molecular formula is C17H23N3O3S. The van der Waals surface area contributed by atoms with Gasteiger partial charge in [-0.05, 0) is 36.5 Å². The van der Waals surface area contributed by atoms with Crippen LogP contribution in [0.5, 0.6) is 5.75 Å². The van der Waals surface area contributed by atoms with Gasteiger partial charge in [-0.25, -0.2) is 13.4 Å². The average Bonchev–Trinajstić information content (AvgIpc) is 2.88. The molecule has 0 bridgehead atoms. The lowest BCUT2D eigenvalue weighted by Crippen LogP contribution is -2.34. The Morgan fingerprint density at radius 1 is 1.21 bits per heavy atom. The number of sulfonamides is 1. The molecule has 6 nitrogen and oxygen atoms in total. The largest absolute Gasteiger partial charge is 0.497 e. The molecule has 3 rings (SSSR count). The number of rotatable bonds is 4. The summed E-state index contributed by atoms with van der Waals surface area (Å²) in [5.41, 5.74) is 1.15. The summed E-state index contributed by atoms with van der Waals surface area (Å²) in [5.74, 6) is 1.00. The molecule has 0 amide bonds. The van der Waals surface area contributed by atoms with Crippen molar-refractivity contribution in [1.82, 2.24) is 13.9 Å². The fourth-order valence-electron chi connectivity index (χ4n) is 3.13. The monoisotopic (exact) mass is 349 g/mol. The molecule has 1 unspecified atom stereocenters. The van der Waals surface area contributed by atoms with Gasteiger partial charge in [-0.1, -0.05) is 18.6 Å². The summed E-state index contributed by atoms with van der Waals surface area (Å²) in [4.78, 5) is 4.03. The van der Waals surface area contributed by atoms with Crippen molar-refractivity contribution in [3.63, 3.8) is 0 Å². The van der Waals surface area contributed by atoms with Crippen LogP contribution in [0.1, 0.15) is 30.7 Å². The highest BCUT2D eigenvalue weighted by Crippen LogP contribution is 2.30. The number of methoxy groups -OCH3 is 1. The molecule has 24 heavy (non-hydrogen) atoms. The van der Waals surface area contributed by atoms with Crippen molar-refractivity contribution < 1.29 is 13.2 Å². The van der Waals surface area contributed by atoms with E-state index >= 15 is 0 Å². The Morgan fingerprint density at radius 3 is 2.58 bits per heavy atom. The minimum Gasteiger partial charge on any atom is -0.497 e. The lowest BCUT2D eigenvalue weighted by molar-refractivity contribution is 0.403. The van der Waals surface area contributed by atoms with Gasteiger partial charge in [0.1, 0.15) is 5.75 Å². The molecule has 1 atom stereocenters. The summed E-state index contributed by atoms with van der Waals surface area (Å²) in [6.07, 6.45) is 5.96. The van der Waals surface area contributed by atoms with E-state index in [-0.39, 0.29) is 10.9 Å². The van der Waals surface area contributed by atoms with Gasteiger partial charge in [0.15, 0.2) is 5.03 Å². The van der Waals surface area contributed by atoms with Crippen molar-refractivity contribution in [2.75, 3.05) is 20.2 Å². The Morgan fingerprint density at radius 2 is 1.96 bits per heavy atom. The zero-order valence-corrected chi connectivity index (χ0v) is 14.9. The highest BCUT2D eigenvalue weighted by atomic mass is 32.2. The maximum Gasteiger partial charge on any atom is 0.262 e. The lowest BCUT2D eigenvalue weighted by Gasteiger charge is -2.23. The minimum atomic E-state index is -3.54. The summed E-state index contributed by atoms with van der Waals surface area (Å²) in [5, 5.41) is 0.125. The average molecular weight is 349 g/mol. The molecule has 0 radical (unpaired) electrons. The third-order valence-electron chi connectivity index (χ3n) is 4.51. The number of aryl methyl sites for hydroxylation is 1. The van der Waals surface area contributed by atoms with Gasteiger partial charge in [-0.2, -0.15) is 4.31 Å². The third-order valence-corrected chi connectivity index (χ3v) is 6.26. The van der Waals surface area contributed by atoms with Gasteiger partial charge < -0.3 is 9.30 Å². The molecule has 0 spiro atoms. The van der Waals surface area contributed by atoms with Crippen LogP contribution in [0.4, 0.5) is 0 Å². The van der Waals surface area contributed by atoms with Crippen molar-refractivity contribution in [2.45, 2.75) is 30.2 Å². The minimum absolute atomic E-state index is 0.125. The van der Waals surface area contributed by atoms with Crippen LogP contribution < -0.4 is 4.74 Å². The fourth-order valence-corrected chi connectivity index (χ4v) is 4.62. The number of benzene rings is 1. The topological polar surface area (TPSA) is 64.4 Å². The van der Waals surface area contributed by atoms with Gasteiger partial charge in [0, 0.05) is 26.3 Å². The van der Waals surface area contributed by atoms with Crippen LogP contribution in [0.3, 0.4) is 0 Å². The van der Waals surface area contributed by atoms with Crippen LogP contribution in [-0.2, 0) is 17.1 Å². The molecule has 1 fully saturated rings. The Balaban J connectivity index is 1.84. The normalized spacial score (nSPS) is 19.8. The van der Waals surface area contributed by atoms with Gasteiger partial charge in [0.25, 0.3) is 10.0 Å². The summed E-state index contributed by atoms with van der Waals surface area (Å²) < 4.78 is 34.2. The maximum atomic E-state index is 12.9. The predicted octanol–water partition coefficient (Wildman–Crippen LogP) is 2.39. The smallest absolute Gasteiger partial charge is 0.262 e. The quantitative estimate of drug-likeness (QED) is 0.850. The first-order chi connectivity index (χ1) is 11.5. The maximum absolute atomic E-state index is 12.9. The first-order valence-corrected chi connectivity index (χ1v) is 9.57. The van der Waals surface area contributed by atoms with Crippen molar-refractivity contribution in [3.05, 3.63) is 42.4 Å². The second-order valence-electron chi connectivity index (χ2n) is 6.21. The summed E-state index contributed by atoms with van der Waals surface area (Å²) >= 11 is 0. The van der Waals surface area contributed by atoms with Crippen molar-refractivity contribution in [2.24, 2.45) is 7.05 Å². The molecule has 1 aromatic heterocycles. The Kier molecular flexibility index (Phi) is 4.91. The van der Waals surface area contributed by atoms with Gasteiger partial charge in [0.05, 0.1) is 13.4 Å². The lowest BCUT2D eigenvalue weighted by atomic mass is 9.94. The number of ether oxygens (including phenoxy) is 1. The number of hydrogen-bond acceptors (Lipinski definition) is 4. The van der Waals surface area contributed by atoms with Crippen LogP contribution in [0.15, 0.2) is 41.8 Å². The predicted molar refractivity (Wildman–Crippen MR) is 91.6 cm³/mol. The SMILES string of the molecule is COc1ccc(C2CCCCN(S(=O)(=O)c3cn(C)cn3)C2)cc1. The van der Waals surface area contributed by atoms with Crippen LogP contribution >= 0.6 is 0 Å². The molecule has 0 saturated carbocycles. The van der Waals surface area contributed by atoms with Crippen molar-refractivity contribution in [1.29, 1.82) is 0 Å². The molecule has 2 aromatic rings. The van der Waals surface area contributed by atoms with E-state index in [4.69, 9.17) is 4.74 Å². The zero-order valence-electron chi connectivity index (χ0n) is 14.1. The van der Waals surface area contributed by atoms with E-state index in [0.29, 0.717) is 13.1 Å². The van der Waals surface area contributed by atoms with E-state index in [1.54, 1.807) is 29.2 Å². The molecule has 0 N–H and O–H groups in total. The molecule has 7 heteroatoms. The van der Waals surface area contributed by atoms with Crippen molar-refractivity contribution >= 4 is 10.0 Å². The molecule has 1 aromatic carbocycles. The van der Waals surface area contributed by atoms with E-state index < -0.39 is 10.0 Å². The van der Waals surface area contributed by atoms with Gasteiger partial charge in [-0.3, -0.25) is 0 Å². The highest BCUT2D eigenvalue weighted by Gasteiger charge is 2.31. The molecule has 2 heterocycles. The van der Waals surface area contributed by atoms with Crippen LogP contribution in [0.2, 0.25) is 0 Å². The van der Waals surface area contributed by atoms with E-state index in [0.717, 1.165) is 30.6 Å². The highest BCUT2D eigenvalue weighted by molar-refractivity contribution is 7.89. The van der Waals surface area contributed by atoms with Gasteiger partial charge in [-0.15, -0.1) is 0 Å². The van der Waals surface area contributed by atoms with Crippen LogP contribution in [-0.4, -0.2) is 42.5 Å². The Hall–Kier alpha value is -1.86. The van der Waals surface area contributed by atoms with E-state index in [1.807, 2.05) is 24.3 Å². The summed E-state index contributed by atoms with van der Waals surface area (Å²) in [6.45, 7) is 1.04. The fraction of sp³-hybridized carbons (Fsp3) is 0.471.